The van der Waals surface area contributed by atoms with Gasteiger partial charge in [0, 0.05) is 24.5 Å². The van der Waals surface area contributed by atoms with Crippen LogP contribution in [-0.2, 0) is 13.5 Å². The Morgan fingerprint density at radius 2 is 2.44 bits per heavy atom. The normalized spacial score (nSPS) is 12.9. The molecule has 2 heterocycles. The van der Waals surface area contributed by atoms with Gasteiger partial charge in [-0.3, -0.25) is 16.0 Å². The summed E-state index contributed by atoms with van der Waals surface area (Å²) < 4.78 is 1.88. The van der Waals surface area contributed by atoms with Gasteiger partial charge in [-0.15, -0.1) is 11.3 Å². The molecule has 0 aliphatic rings. The van der Waals surface area contributed by atoms with Gasteiger partial charge in [0.2, 0.25) is 0 Å². The van der Waals surface area contributed by atoms with Gasteiger partial charge in [0.15, 0.2) is 0 Å². The number of aromatic nitrogens is 3. The highest BCUT2D eigenvalue weighted by molar-refractivity contribution is 7.07. The van der Waals surface area contributed by atoms with Crippen LogP contribution < -0.4 is 11.3 Å². The predicted molar refractivity (Wildman–Crippen MR) is 63.8 cm³/mol. The first-order chi connectivity index (χ1) is 7.70. The van der Waals surface area contributed by atoms with Gasteiger partial charge in [0.05, 0.1) is 22.9 Å². The zero-order valence-corrected chi connectivity index (χ0v) is 10.2. The molecule has 0 radical (unpaired) electrons. The van der Waals surface area contributed by atoms with Gasteiger partial charge in [-0.2, -0.15) is 5.10 Å². The van der Waals surface area contributed by atoms with E-state index < -0.39 is 0 Å². The molecule has 0 bridgehead atoms. The highest BCUT2D eigenvalue weighted by atomic mass is 32.1. The molecule has 0 saturated carbocycles. The van der Waals surface area contributed by atoms with E-state index in [0.29, 0.717) is 0 Å². The molecule has 86 valence electrons. The Labute approximate surface area is 98.3 Å². The maximum Gasteiger partial charge on any atom is 0.0795 e. The molecular formula is C10H15N5S. The summed E-state index contributed by atoms with van der Waals surface area (Å²) in [7, 11) is 1.94. The fourth-order valence-corrected chi connectivity index (χ4v) is 2.32. The molecule has 6 heteroatoms. The quantitative estimate of drug-likeness (QED) is 0.613. The van der Waals surface area contributed by atoms with Gasteiger partial charge in [-0.05, 0) is 13.0 Å². The molecule has 0 saturated heterocycles. The highest BCUT2D eigenvalue weighted by Gasteiger charge is 2.14. The smallest absolute Gasteiger partial charge is 0.0795 e. The van der Waals surface area contributed by atoms with Crippen LogP contribution in [0, 0.1) is 6.92 Å². The van der Waals surface area contributed by atoms with E-state index in [1.165, 1.54) is 0 Å². The molecule has 2 rings (SSSR count). The number of nitrogens with one attached hydrogen (secondary N) is 1. The van der Waals surface area contributed by atoms with Crippen molar-refractivity contribution < 1.29 is 0 Å². The number of nitrogens with zero attached hydrogens (tertiary/aromatic N) is 3. The van der Waals surface area contributed by atoms with E-state index in [1.807, 2.05) is 29.5 Å². The second-order valence-corrected chi connectivity index (χ2v) is 4.46. The van der Waals surface area contributed by atoms with Gasteiger partial charge in [0.1, 0.15) is 0 Å². The van der Waals surface area contributed by atoms with E-state index >= 15 is 0 Å². The van der Waals surface area contributed by atoms with Gasteiger partial charge >= 0.3 is 0 Å². The van der Waals surface area contributed by atoms with Crippen molar-refractivity contribution in [3.63, 3.8) is 0 Å². The summed E-state index contributed by atoms with van der Waals surface area (Å²) in [5.74, 6) is 5.55. The third-order valence-corrected chi connectivity index (χ3v) is 3.13. The molecule has 3 N–H and O–H groups in total. The third kappa shape index (κ3) is 2.29. The topological polar surface area (TPSA) is 68.8 Å². The number of hydrazine groups is 1. The number of hydrogen-bond acceptors (Lipinski definition) is 5. The maximum absolute atomic E-state index is 5.55. The predicted octanol–water partition coefficient (Wildman–Crippen LogP) is 0.932. The van der Waals surface area contributed by atoms with Crippen LogP contribution in [0.1, 0.15) is 23.1 Å². The highest BCUT2D eigenvalue weighted by Crippen LogP contribution is 2.17. The second kappa shape index (κ2) is 4.73. The van der Waals surface area contributed by atoms with Crippen molar-refractivity contribution in [3.8, 4) is 0 Å². The van der Waals surface area contributed by atoms with E-state index in [1.54, 1.807) is 11.3 Å². The summed E-state index contributed by atoms with van der Waals surface area (Å²) >= 11 is 1.57. The summed E-state index contributed by atoms with van der Waals surface area (Å²) in [6.45, 7) is 1.98. The molecule has 2 aromatic heterocycles. The Balaban J connectivity index is 2.16. The minimum atomic E-state index is 0.0426. The van der Waals surface area contributed by atoms with Crippen LogP contribution in [0.25, 0.3) is 0 Å². The van der Waals surface area contributed by atoms with Crippen molar-refractivity contribution >= 4 is 11.3 Å². The van der Waals surface area contributed by atoms with Gasteiger partial charge < -0.3 is 0 Å². The second-order valence-electron chi connectivity index (χ2n) is 3.74. The van der Waals surface area contributed by atoms with E-state index in [4.69, 9.17) is 5.84 Å². The third-order valence-electron chi connectivity index (χ3n) is 2.52. The van der Waals surface area contributed by atoms with Gasteiger partial charge in [-0.25, -0.2) is 4.98 Å². The van der Waals surface area contributed by atoms with Crippen LogP contribution in [0.4, 0.5) is 0 Å². The van der Waals surface area contributed by atoms with Crippen LogP contribution in [-0.4, -0.2) is 14.8 Å². The molecule has 2 aromatic rings. The van der Waals surface area contributed by atoms with E-state index in [-0.39, 0.29) is 6.04 Å². The summed E-state index contributed by atoms with van der Waals surface area (Å²) in [4.78, 5) is 4.27. The molecular weight excluding hydrogens is 222 g/mol. The monoisotopic (exact) mass is 237 g/mol. The molecule has 0 aromatic carbocycles. The molecule has 5 nitrogen and oxygen atoms in total. The van der Waals surface area contributed by atoms with Crippen molar-refractivity contribution in [3.05, 3.63) is 34.0 Å². The Hall–Kier alpha value is -1.24. The summed E-state index contributed by atoms with van der Waals surface area (Å²) in [6.07, 6.45) is 0.789. The number of aryl methyl sites for hydroxylation is 2. The Morgan fingerprint density at radius 1 is 1.62 bits per heavy atom. The van der Waals surface area contributed by atoms with Crippen LogP contribution in [0.5, 0.6) is 0 Å². The minimum absolute atomic E-state index is 0.0426. The van der Waals surface area contributed by atoms with E-state index in [2.05, 4.69) is 21.6 Å². The lowest BCUT2D eigenvalue weighted by atomic mass is 10.1. The first-order valence-electron chi connectivity index (χ1n) is 5.04. The molecule has 0 aliphatic heterocycles. The zero-order valence-electron chi connectivity index (χ0n) is 9.34. The molecule has 16 heavy (non-hydrogen) atoms. The van der Waals surface area contributed by atoms with Crippen LogP contribution in [0.2, 0.25) is 0 Å². The molecule has 1 atom stereocenters. The Bertz CT molecular complexity index is 448. The van der Waals surface area contributed by atoms with Crippen molar-refractivity contribution in [2.75, 3.05) is 0 Å². The lowest BCUT2D eigenvalue weighted by Gasteiger charge is -2.13. The number of hydrogen-bond donors (Lipinski definition) is 2. The first-order valence-corrected chi connectivity index (χ1v) is 5.98. The summed E-state index contributed by atoms with van der Waals surface area (Å²) in [5, 5.41) is 6.32. The standard InChI is InChI=1S/C10H15N5S/c1-7-3-8(15(2)14-7)4-9(13-11)10-5-16-6-12-10/h3,5-6,9,13H,4,11H2,1-2H3. The van der Waals surface area contributed by atoms with Crippen molar-refractivity contribution in [1.82, 2.24) is 20.2 Å². The SMILES string of the molecule is Cc1cc(CC(NN)c2cscn2)n(C)n1. The summed E-state index contributed by atoms with van der Waals surface area (Å²) in [6, 6.07) is 2.11. The number of rotatable bonds is 4. The van der Waals surface area contributed by atoms with Gasteiger partial charge in [0.25, 0.3) is 0 Å². The Morgan fingerprint density at radius 3 is 2.94 bits per heavy atom. The number of nitrogens with two attached hydrogens (primary N) is 1. The van der Waals surface area contributed by atoms with Crippen molar-refractivity contribution in [1.29, 1.82) is 0 Å². The average molecular weight is 237 g/mol. The average Bonchev–Trinajstić information content (AvgIpc) is 2.85. The van der Waals surface area contributed by atoms with Crippen LogP contribution in [0.15, 0.2) is 17.0 Å². The number of thiazole rings is 1. The lowest BCUT2D eigenvalue weighted by Crippen LogP contribution is -2.30. The molecule has 0 aliphatic carbocycles. The van der Waals surface area contributed by atoms with Crippen molar-refractivity contribution in [2.24, 2.45) is 12.9 Å². The summed E-state index contributed by atoms with van der Waals surface area (Å²) in [5.41, 5.74) is 7.75. The fraction of sp³-hybridized carbons (Fsp3) is 0.400. The zero-order chi connectivity index (χ0) is 11.5. The molecule has 0 spiro atoms. The largest absolute Gasteiger partial charge is 0.272 e. The minimum Gasteiger partial charge on any atom is -0.272 e. The van der Waals surface area contributed by atoms with E-state index in [9.17, 15) is 0 Å². The van der Waals surface area contributed by atoms with E-state index in [0.717, 1.165) is 23.5 Å². The molecule has 0 fully saturated rings. The van der Waals surface area contributed by atoms with Crippen LogP contribution >= 0.6 is 11.3 Å². The van der Waals surface area contributed by atoms with Crippen molar-refractivity contribution in [2.45, 2.75) is 19.4 Å². The molecule has 0 amide bonds. The Kier molecular flexibility index (Phi) is 3.33. The fourth-order valence-electron chi connectivity index (χ4n) is 1.71. The molecule has 1 unspecified atom stereocenters. The van der Waals surface area contributed by atoms with Gasteiger partial charge in [-0.1, -0.05) is 0 Å². The lowest BCUT2D eigenvalue weighted by molar-refractivity contribution is 0.520. The van der Waals surface area contributed by atoms with Crippen LogP contribution in [0.3, 0.4) is 0 Å². The maximum atomic E-state index is 5.55. The first kappa shape index (κ1) is 11.3.